The highest BCUT2D eigenvalue weighted by atomic mass is 32.1. The highest BCUT2D eigenvalue weighted by molar-refractivity contribution is 7.13. The zero-order valence-corrected chi connectivity index (χ0v) is 17.9. The second kappa shape index (κ2) is 9.98. The normalized spacial score (nSPS) is 11.0. The molecule has 0 radical (unpaired) electrons. The van der Waals surface area contributed by atoms with Crippen molar-refractivity contribution < 1.29 is 4.79 Å². The molecule has 3 rings (SSSR count). The first-order chi connectivity index (χ1) is 14.1. The molecule has 150 valence electrons. The molecule has 1 aromatic heterocycles. The van der Waals surface area contributed by atoms with Gasteiger partial charge in [0.1, 0.15) is 4.88 Å². The fourth-order valence-corrected chi connectivity index (χ4v) is 4.07. The number of benzene rings is 2. The van der Waals surface area contributed by atoms with Crippen LogP contribution < -0.4 is 10.3 Å². The van der Waals surface area contributed by atoms with Gasteiger partial charge < -0.3 is 4.90 Å². The number of anilines is 1. The zero-order valence-electron chi connectivity index (χ0n) is 17.1. The summed E-state index contributed by atoms with van der Waals surface area (Å²) in [7, 11) is 0. The SMILES string of the molecule is CCN(CC)c1ccc(/C=N\NC(=O)c2sc(Cc3ccccc3)nc2C)cc1. The monoisotopic (exact) mass is 406 g/mol. The molecule has 5 nitrogen and oxygen atoms in total. The number of carbonyl (C=O) groups excluding carboxylic acids is 1. The molecule has 0 atom stereocenters. The molecule has 0 spiro atoms. The van der Waals surface area contributed by atoms with E-state index in [1.165, 1.54) is 22.6 Å². The van der Waals surface area contributed by atoms with Gasteiger partial charge in [-0.25, -0.2) is 10.4 Å². The van der Waals surface area contributed by atoms with Crippen molar-refractivity contribution in [2.24, 2.45) is 5.10 Å². The molecule has 0 bridgehead atoms. The van der Waals surface area contributed by atoms with E-state index in [1.54, 1.807) is 6.21 Å². The molecule has 3 aromatic rings. The van der Waals surface area contributed by atoms with E-state index in [1.807, 2.05) is 37.3 Å². The third-order valence-electron chi connectivity index (χ3n) is 4.65. The largest absolute Gasteiger partial charge is 0.372 e. The van der Waals surface area contributed by atoms with Crippen LogP contribution in [-0.2, 0) is 6.42 Å². The fourth-order valence-electron chi connectivity index (χ4n) is 3.09. The van der Waals surface area contributed by atoms with Gasteiger partial charge in [0.15, 0.2) is 0 Å². The summed E-state index contributed by atoms with van der Waals surface area (Å²) < 4.78 is 0. The van der Waals surface area contributed by atoms with Crippen molar-refractivity contribution in [3.8, 4) is 0 Å². The molecule has 0 fully saturated rings. The Balaban J connectivity index is 1.60. The molecule has 0 unspecified atom stereocenters. The van der Waals surface area contributed by atoms with Crippen LogP contribution in [0.3, 0.4) is 0 Å². The van der Waals surface area contributed by atoms with Crippen molar-refractivity contribution in [1.29, 1.82) is 0 Å². The third-order valence-corrected chi connectivity index (χ3v) is 5.80. The quantitative estimate of drug-likeness (QED) is 0.437. The number of hydrogen-bond donors (Lipinski definition) is 1. The smallest absolute Gasteiger partial charge is 0.283 e. The summed E-state index contributed by atoms with van der Waals surface area (Å²) in [4.78, 5) is 19.9. The lowest BCUT2D eigenvalue weighted by Crippen LogP contribution is -2.21. The van der Waals surface area contributed by atoms with E-state index in [-0.39, 0.29) is 5.91 Å². The van der Waals surface area contributed by atoms with Gasteiger partial charge in [0.25, 0.3) is 5.91 Å². The summed E-state index contributed by atoms with van der Waals surface area (Å²) in [6.45, 7) is 8.08. The molecule has 0 saturated heterocycles. The number of nitrogens with one attached hydrogen (secondary N) is 1. The Labute approximate surface area is 176 Å². The molecule has 0 aliphatic rings. The van der Waals surface area contributed by atoms with E-state index in [0.717, 1.165) is 35.8 Å². The minimum absolute atomic E-state index is 0.227. The zero-order chi connectivity index (χ0) is 20.6. The van der Waals surface area contributed by atoms with Gasteiger partial charge in [0, 0.05) is 25.2 Å². The number of carbonyl (C=O) groups is 1. The summed E-state index contributed by atoms with van der Waals surface area (Å²) in [5.74, 6) is -0.227. The average Bonchev–Trinajstić information content (AvgIpc) is 3.11. The topological polar surface area (TPSA) is 57.6 Å². The van der Waals surface area contributed by atoms with Crippen molar-refractivity contribution in [3.05, 3.63) is 81.3 Å². The summed E-state index contributed by atoms with van der Waals surface area (Å²) in [5, 5.41) is 5.03. The number of thiazole rings is 1. The Kier molecular flexibility index (Phi) is 7.14. The maximum Gasteiger partial charge on any atom is 0.283 e. The van der Waals surface area contributed by atoms with Gasteiger partial charge in [-0.3, -0.25) is 4.79 Å². The van der Waals surface area contributed by atoms with Crippen LogP contribution in [0.25, 0.3) is 0 Å². The average molecular weight is 407 g/mol. The molecule has 1 amide bonds. The minimum atomic E-state index is -0.227. The second-order valence-corrected chi connectivity index (χ2v) is 7.73. The molecular formula is C23H26N4OS. The first kappa shape index (κ1) is 20.7. The van der Waals surface area contributed by atoms with E-state index in [4.69, 9.17) is 0 Å². The summed E-state index contributed by atoms with van der Waals surface area (Å²) in [6.07, 6.45) is 2.38. The summed E-state index contributed by atoms with van der Waals surface area (Å²) in [6, 6.07) is 18.3. The molecule has 0 aliphatic carbocycles. The Morgan fingerprint density at radius 1 is 1.10 bits per heavy atom. The number of nitrogens with zero attached hydrogens (tertiary/aromatic N) is 3. The first-order valence-corrected chi connectivity index (χ1v) is 10.6. The lowest BCUT2D eigenvalue weighted by Gasteiger charge is -2.20. The van der Waals surface area contributed by atoms with Gasteiger partial charge in [-0.05, 0) is 44.0 Å². The Bertz CT molecular complexity index is 960. The van der Waals surface area contributed by atoms with Gasteiger partial charge in [0.05, 0.1) is 16.9 Å². The highest BCUT2D eigenvalue weighted by Crippen LogP contribution is 2.21. The van der Waals surface area contributed by atoms with Crippen molar-refractivity contribution in [3.63, 3.8) is 0 Å². The molecule has 29 heavy (non-hydrogen) atoms. The van der Waals surface area contributed by atoms with Gasteiger partial charge >= 0.3 is 0 Å². The van der Waals surface area contributed by atoms with E-state index in [2.05, 4.69) is 58.5 Å². The van der Waals surface area contributed by atoms with Gasteiger partial charge in [-0.15, -0.1) is 11.3 Å². The molecule has 6 heteroatoms. The van der Waals surface area contributed by atoms with Crippen molar-refractivity contribution in [1.82, 2.24) is 10.4 Å². The lowest BCUT2D eigenvalue weighted by atomic mass is 10.2. The Hall–Kier alpha value is -2.99. The minimum Gasteiger partial charge on any atom is -0.372 e. The van der Waals surface area contributed by atoms with Crippen LogP contribution in [0.1, 0.15) is 45.3 Å². The molecule has 1 N–H and O–H groups in total. The van der Waals surface area contributed by atoms with Crippen LogP contribution in [-0.4, -0.2) is 30.2 Å². The molecule has 1 heterocycles. The standard InChI is InChI=1S/C23H26N4OS/c1-4-27(5-2)20-13-11-19(12-14-20)16-24-26-23(28)22-17(3)25-21(29-22)15-18-9-7-6-8-10-18/h6-14,16H,4-5,15H2,1-3H3,(H,26,28)/b24-16-. The van der Waals surface area contributed by atoms with Crippen molar-refractivity contribution >= 4 is 29.1 Å². The van der Waals surface area contributed by atoms with Gasteiger partial charge in [-0.1, -0.05) is 42.5 Å². The van der Waals surface area contributed by atoms with Crippen LogP contribution in [0.4, 0.5) is 5.69 Å². The maximum atomic E-state index is 12.5. The summed E-state index contributed by atoms with van der Waals surface area (Å²) in [5.41, 5.74) is 6.65. The number of aryl methyl sites for hydroxylation is 1. The van der Waals surface area contributed by atoms with Crippen molar-refractivity contribution in [2.75, 3.05) is 18.0 Å². The highest BCUT2D eigenvalue weighted by Gasteiger charge is 2.15. The predicted molar refractivity (Wildman–Crippen MR) is 121 cm³/mol. The van der Waals surface area contributed by atoms with Crippen LogP contribution in [0.5, 0.6) is 0 Å². The summed E-state index contributed by atoms with van der Waals surface area (Å²) >= 11 is 1.42. The van der Waals surface area contributed by atoms with E-state index in [0.29, 0.717) is 4.88 Å². The van der Waals surface area contributed by atoms with E-state index in [9.17, 15) is 4.79 Å². The van der Waals surface area contributed by atoms with Crippen LogP contribution >= 0.6 is 11.3 Å². The number of rotatable bonds is 8. The number of aromatic nitrogens is 1. The van der Waals surface area contributed by atoms with Gasteiger partial charge in [-0.2, -0.15) is 5.10 Å². The van der Waals surface area contributed by atoms with E-state index >= 15 is 0 Å². The Morgan fingerprint density at radius 3 is 2.45 bits per heavy atom. The number of hydrogen-bond acceptors (Lipinski definition) is 5. The second-order valence-electron chi connectivity index (χ2n) is 6.65. The van der Waals surface area contributed by atoms with Crippen LogP contribution in [0, 0.1) is 6.92 Å². The molecular weight excluding hydrogens is 380 g/mol. The number of hydrazone groups is 1. The lowest BCUT2D eigenvalue weighted by molar-refractivity contribution is 0.0958. The van der Waals surface area contributed by atoms with E-state index < -0.39 is 0 Å². The van der Waals surface area contributed by atoms with Crippen LogP contribution in [0.15, 0.2) is 59.7 Å². The maximum absolute atomic E-state index is 12.5. The number of amides is 1. The predicted octanol–water partition coefficient (Wildman–Crippen LogP) is 4.65. The first-order valence-electron chi connectivity index (χ1n) is 9.79. The Morgan fingerprint density at radius 2 is 1.79 bits per heavy atom. The molecule has 2 aromatic carbocycles. The van der Waals surface area contributed by atoms with Gasteiger partial charge in [0.2, 0.25) is 0 Å². The van der Waals surface area contributed by atoms with Crippen LogP contribution in [0.2, 0.25) is 0 Å². The van der Waals surface area contributed by atoms with Crippen molar-refractivity contribution in [2.45, 2.75) is 27.2 Å². The molecule has 0 saturated carbocycles. The third kappa shape index (κ3) is 5.51. The molecule has 0 aliphatic heterocycles. The fraction of sp³-hybridized carbons (Fsp3) is 0.261.